The van der Waals surface area contributed by atoms with E-state index in [9.17, 15) is 0 Å². The van der Waals surface area contributed by atoms with Gasteiger partial charge in [0.2, 0.25) is 0 Å². The van der Waals surface area contributed by atoms with Gasteiger partial charge in [0.05, 0.1) is 0 Å². The third kappa shape index (κ3) is 3.73. The van der Waals surface area contributed by atoms with Crippen LogP contribution in [-0.4, -0.2) is 4.98 Å². The topological polar surface area (TPSA) is 12.9 Å². The lowest BCUT2D eigenvalue weighted by atomic mass is 9.85. The summed E-state index contributed by atoms with van der Waals surface area (Å²) in [7, 11) is 0. The van der Waals surface area contributed by atoms with Crippen LogP contribution in [-0.2, 0) is 6.42 Å². The van der Waals surface area contributed by atoms with Gasteiger partial charge in [0.15, 0.2) is 0 Å². The van der Waals surface area contributed by atoms with E-state index in [-0.39, 0.29) is 0 Å². The van der Waals surface area contributed by atoms with Gasteiger partial charge in [-0.15, -0.1) is 0 Å². The van der Waals surface area contributed by atoms with E-state index in [1.165, 1.54) is 27.8 Å². The Morgan fingerprint density at radius 2 is 1.19 bits per heavy atom. The van der Waals surface area contributed by atoms with Gasteiger partial charge in [-0.2, -0.15) is 0 Å². The minimum atomic E-state index is 0.324. The van der Waals surface area contributed by atoms with Crippen LogP contribution >= 0.6 is 0 Å². The lowest BCUT2D eigenvalue weighted by Gasteiger charge is -2.19. The molecular formula is C25H21N. The highest BCUT2D eigenvalue weighted by Crippen LogP contribution is 2.30. The molecule has 0 fully saturated rings. The first-order chi connectivity index (χ1) is 12.9. The van der Waals surface area contributed by atoms with Crippen molar-refractivity contribution in [3.63, 3.8) is 0 Å². The van der Waals surface area contributed by atoms with Gasteiger partial charge in [-0.05, 0) is 40.3 Å². The zero-order valence-corrected chi connectivity index (χ0v) is 14.6. The second-order valence-corrected chi connectivity index (χ2v) is 6.52. The molecule has 0 N–H and O–H groups in total. The normalized spacial score (nSPS) is 11.8. The summed E-state index contributed by atoms with van der Waals surface area (Å²) in [5.74, 6) is 0.324. The predicted molar refractivity (Wildman–Crippen MR) is 108 cm³/mol. The van der Waals surface area contributed by atoms with Gasteiger partial charge in [0.1, 0.15) is 0 Å². The summed E-state index contributed by atoms with van der Waals surface area (Å²) in [4.78, 5) is 4.28. The molecule has 1 atom stereocenters. The van der Waals surface area contributed by atoms with Crippen LogP contribution in [0.25, 0.3) is 11.1 Å². The molecule has 1 heteroatoms. The van der Waals surface area contributed by atoms with Crippen LogP contribution < -0.4 is 0 Å². The fourth-order valence-electron chi connectivity index (χ4n) is 3.41. The monoisotopic (exact) mass is 335 g/mol. The summed E-state index contributed by atoms with van der Waals surface area (Å²) in [5.41, 5.74) is 6.43. The molecule has 0 amide bonds. The van der Waals surface area contributed by atoms with Crippen LogP contribution in [0.3, 0.4) is 0 Å². The number of aromatic nitrogens is 1. The summed E-state index contributed by atoms with van der Waals surface area (Å²) in [6.07, 6.45) is 4.74. The van der Waals surface area contributed by atoms with E-state index in [0.717, 1.165) is 6.42 Å². The van der Waals surface area contributed by atoms with E-state index >= 15 is 0 Å². The van der Waals surface area contributed by atoms with E-state index in [1.807, 2.05) is 18.5 Å². The van der Waals surface area contributed by atoms with Crippen molar-refractivity contribution in [2.75, 3.05) is 0 Å². The summed E-state index contributed by atoms with van der Waals surface area (Å²) in [6.45, 7) is 0. The minimum absolute atomic E-state index is 0.324. The fraction of sp³-hybridized carbons (Fsp3) is 0.0800. The number of pyridine rings is 1. The van der Waals surface area contributed by atoms with Gasteiger partial charge in [-0.3, -0.25) is 4.98 Å². The molecule has 0 aliphatic carbocycles. The van der Waals surface area contributed by atoms with Gasteiger partial charge in [0, 0.05) is 18.3 Å². The molecule has 3 aromatic carbocycles. The van der Waals surface area contributed by atoms with Crippen molar-refractivity contribution in [3.8, 4) is 11.1 Å². The molecule has 1 heterocycles. The molecule has 1 unspecified atom stereocenters. The number of rotatable bonds is 5. The molecule has 4 rings (SSSR count). The smallest absolute Gasteiger partial charge is 0.0300 e. The largest absolute Gasteiger partial charge is 0.264 e. The van der Waals surface area contributed by atoms with Gasteiger partial charge in [0.25, 0.3) is 0 Å². The van der Waals surface area contributed by atoms with Crippen molar-refractivity contribution in [2.45, 2.75) is 12.3 Å². The quantitative estimate of drug-likeness (QED) is 0.428. The third-order valence-electron chi connectivity index (χ3n) is 4.78. The highest BCUT2D eigenvalue weighted by Gasteiger charge is 2.15. The van der Waals surface area contributed by atoms with Crippen LogP contribution in [0.15, 0.2) is 109 Å². The van der Waals surface area contributed by atoms with Crippen molar-refractivity contribution < 1.29 is 0 Å². The first-order valence-corrected chi connectivity index (χ1v) is 8.99. The Morgan fingerprint density at radius 3 is 1.85 bits per heavy atom. The van der Waals surface area contributed by atoms with E-state index in [1.54, 1.807) is 0 Å². The zero-order chi connectivity index (χ0) is 17.6. The SMILES string of the molecule is c1ccc(-c2ccc(C(Cc3cccnc3)c3ccccc3)cc2)cc1. The van der Waals surface area contributed by atoms with E-state index in [4.69, 9.17) is 0 Å². The van der Waals surface area contributed by atoms with Crippen LogP contribution in [0.1, 0.15) is 22.6 Å². The molecule has 0 aliphatic heterocycles. The molecule has 126 valence electrons. The second kappa shape index (κ2) is 7.79. The number of benzene rings is 3. The average molecular weight is 335 g/mol. The molecular weight excluding hydrogens is 314 g/mol. The maximum absolute atomic E-state index is 4.28. The Kier molecular flexibility index (Phi) is 4.88. The summed E-state index contributed by atoms with van der Waals surface area (Å²) >= 11 is 0. The molecule has 4 aromatic rings. The Labute approximate surface area is 155 Å². The van der Waals surface area contributed by atoms with Gasteiger partial charge < -0.3 is 0 Å². The standard InChI is InChI=1S/C25H21N/c1-3-9-21(10-4-1)22-13-15-24(16-14-22)25(23-11-5-2-6-12-23)18-20-8-7-17-26-19-20/h1-17,19,25H,18H2. The average Bonchev–Trinajstić information content (AvgIpc) is 2.74. The highest BCUT2D eigenvalue weighted by molar-refractivity contribution is 5.63. The van der Waals surface area contributed by atoms with Gasteiger partial charge >= 0.3 is 0 Å². The van der Waals surface area contributed by atoms with E-state index < -0.39 is 0 Å². The van der Waals surface area contributed by atoms with Crippen LogP contribution in [0, 0.1) is 0 Å². The fourth-order valence-corrected chi connectivity index (χ4v) is 3.41. The Balaban J connectivity index is 1.67. The molecule has 1 nitrogen and oxygen atoms in total. The number of hydrogen-bond donors (Lipinski definition) is 0. The highest BCUT2D eigenvalue weighted by atomic mass is 14.6. The summed E-state index contributed by atoms with van der Waals surface area (Å²) in [6, 6.07) is 34.4. The lowest BCUT2D eigenvalue weighted by Crippen LogP contribution is -2.05. The Hall–Kier alpha value is -3.19. The summed E-state index contributed by atoms with van der Waals surface area (Å²) in [5, 5.41) is 0. The van der Waals surface area contributed by atoms with Crippen molar-refractivity contribution in [1.82, 2.24) is 4.98 Å². The first kappa shape index (κ1) is 16.3. The zero-order valence-electron chi connectivity index (χ0n) is 14.6. The molecule has 0 aliphatic rings. The maximum atomic E-state index is 4.28. The second-order valence-electron chi connectivity index (χ2n) is 6.52. The van der Waals surface area contributed by atoms with Gasteiger partial charge in [-0.25, -0.2) is 0 Å². The molecule has 0 spiro atoms. The van der Waals surface area contributed by atoms with E-state index in [0.29, 0.717) is 5.92 Å². The maximum Gasteiger partial charge on any atom is 0.0300 e. The van der Waals surface area contributed by atoms with Gasteiger partial charge in [-0.1, -0.05) is 91.0 Å². The molecule has 0 saturated carbocycles. The van der Waals surface area contributed by atoms with Crippen molar-refractivity contribution >= 4 is 0 Å². The first-order valence-electron chi connectivity index (χ1n) is 8.99. The van der Waals surface area contributed by atoms with Crippen molar-refractivity contribution in [1.29, 1.82) is 0 Å². The lowest BCUT2D eigenvalue weighted by molar-refractivity contribution is 0.801. The van der Waals surface area contributed by atoms with Crippen LogP contribution in [0.4, 0.5) is 0 Å². The van der Waals surface area contributed by atoms with Crippen molar-refractivity contribution in [3.05, 3.63) is 126 Å². The Morgan fingerprint density at radius 1 is 0.577 bits per heavy atom. The predicted octanol–water partition coefficient (Wildman–Crippen LogP) is 6.12. The van der Waals surface area contributed by atoms with Crippen LogP contribution in [0.5, 0.6) is 0 Å². The molecule has 0 bridgehead atoms. The summed E-state index contributed by atoms with van der Waals surface area (Å²) < 4.78 is 0. The molecule has 26 heavy (non-hydrogen) atoms. The number of nitrogens with zero attached hydrogens (tertiary/aromatic N) is 1. The molecule has 0 radical (unpaired) electrons. The molecule has 1 aromatic heterocycles. The van der Waals surface area contributed by atoms with Crippen LogP contribution in [0.2, 0.25) is 0 Å². The number of hydrogen-bond acceptors (Lipinski definition) is 1. The molecule has 0 saturated heterocycles. The third-order valence-corrected chi connectivity index (χ3v) is 4.78. The Bertz CT molecular complexity index is 930. The minimum Gasteiger partial charge on any atom is -0.264 e. The van der Waals surface area contributed by atoms with E-state index in [2.05, 4.69) is 96.0 Å². The van der Waals surface area contributed by atoms with Crippen molar-refractivity contribution in [2.24, 2.45) is 0 Å².